The molecule has 0 atom stereocenters. The molecule has 1 amide bonds. The van der Waals surface area contributed by atoms with Gasteiger partial charge < -0.3 is 14.6 Å². The number of nitrogens with zero attached hydrogens (tertiary/aromatic N) is 1. The Labute approximate surface area is 116 Å². The summed E-state index contributed by atoms with van der Waals surface area (Å²) < 4.78 is 5.35. The van der Waals surface area contributed by atoms with Gasteiger partial charge >= 0.3 is 0 Å². The lowest BCUT2D eigenvalue weighted by Crippen LogP contribution is -2.21. The Morgan fingerprint density at radius 3 is 2.80 bits per heavy atom. The lowest BCUT2D eigenvalue weighted by molar-refractivity contribution is -0.112. The molecule has 1 N–H and O–H groups in total. The predicted molar refractivity (Wildman–Crippen MR) is 74.8 cm³/mol. The Morgan fingerprint density at radius 2 is 2.10 bits per heavy atom. The van der Waals surface area contributed by atoms with Crippen LogP contribution in [0, 0.1) is 0 Å². The number of rotatable bonds is 4. The molecule has 0 saturated heterocycles. The zero-order chi connectivity index (χ0) is 14.1. The molecule has 20 heavy (non-hydrogen) atoms. The summed E-state index contributed by atoms with van der Waals surface area (Å²) in [6, 6.07) is 9.13. The maximum absolute atomic E-state index is 11.6. The molecule has 5 heteroatoms. The van der Waals surface area contributed by atoms with Crippen LogP contribution in [0.15, 0.2) is 41.0 Å². The van der Waals surface area contributed by atoms with Crippen LogP contribution in [0.4, 0.5) is 11.4 Å². The standard InChI is InChI=1S/C15H14N2O3/c1-2-17(9-11-4-3-7-20-11)10-5-6-12-13(8-10)16-15(19)14(12)18/h3-8H,2,9H2,1H3,(H,16,18,19). The third-order valence-corrected chi connectivity index (χ3v) is 3.38. The molecule has 0 saturated carbocycles. The number of carbonyl (C=O) groups excluding carboxylic acids is 2. The van der Waals surface area contributed by atoms with Gasteiger partial charge in [0.1, 0.15) is 5.76 Å². The molecule has 0 spiro atoms. The highest BCUT2D eigenvalue weighted by molar-refractivity contribution is 6.51. The molecule has 1 aromatic carbocycles. The van der Waals surface area contributed by atoms with Crippen molar-refractivity contribution in [2.45, 2.75) is 13.5 Å². The normalized spacial score (nSPS) is 13.2. The number of carbonyl (C=O) groups is 2. The summed E-state index contributed by atoms with van der Waals surface area (Å²) in [4.78, 5) is 25.0. The van der Waals surface area contributed by atoms with Crippen LogP contribution >= 0.6 is 0 Å². The van der Waals surface area contributed by atoms with Crippen LogP contribution in [0.25, 0.3) is 0 Å². The van der Waals surface area contributed by atoms with Crippen LogP contribution < -0.4 is 10.2 Å². The topological polar surface area (TPSA) is 62.6 Å². The number of hydrogen-bond donors (Lipinski definition) is 1. The summed E-state index contributed by atoms with van der Waals surface area (Å²) in [5, 5.41) is 2.59. The van der Waals surface area contributed by atoms with Crippen molar-refractivity contribution in [2.75, 3.05) is 16.8 Å². The van der Waals surface area contributed by atoms with E-state index in [0.29, 0.717) is 17.8 Å². The van der Waals surface area contributed by atoms with Gasteiger partial charge in [-0.2, -0.15) is 0 Å². The fourth-order valence-corrected chi connectivity index (χ4v) is 2.31. The number of fused-ring (bicyclic) bond motifs is 1. The number of hydrogen-bond acceptors (Lipinski definition) is 4. The Morgan fingerprint density at radius 1 is 1.25 bits per heavy atom. The van der Waals surface area contributed by atoms with Crippen LogP contribution in [-0.4, -0.2) is 18.2 Å². The second-order valence-corrected chi connectivity index (χ2v) is 4.61. The number of benzene rings is 1. The third kappa shape index (κ3) is 2.07. The van der Waals surface area contributed by atoms with Crippen LogP contribution in [-0.2, 0) is 11.3 Å². The highest BCUT2D eigenvalue weighted by Gasteiger charge is 2.28. The van der Waals surface area contributed by atoms with Gasteiger partial charge in [-0.3, -0.25) is 9.59 Å². The molecule has 0 unspecified atom stereocenters. The van der Waals surface area contributed by atoms with Gasteiger partial charge in [-0.1, -0.05) is 0 Å². The minimum Gasteiger partial charge on any atom is -0.467 e. The molecule has 2 heterocycles. The molecule has 1 aliphatic heterocycles. The van der Waals surface area contributed by atoms with Crippen LogP contribution in [0.2, 0.25) is 0 Å². The Kier molecular flexibility index (Phi) is 3.02. The van der Waals surface area contributed by atoms with Crippen molar-refractivity contribution in [1.82, 2.24) is 0 Å². The van der Waals surface area contributed by atoms with Crippen molar-refractivity contribution < 1.29 is 14.0 Å². The average Bonchev–Trinajstić information content (AvgIpc) is 3.05. The van der Waals surface area contributed by atoms with E-state index in [0.717, 1.165) is 18.0 Å². The van der Waals surface area contributed by atoms with E-state index in [-0.39, 0.29) is 0 Å². The van der Waals surface area contributed by atoms with Gasteiger partial charge in [-0.25, -0.2) is 0 Å². The van der Waals surface area contributed by atoms with Crippen molar-refractivity contribution in [3.63, 3.8) is 0 Å². The predicted octanol–water partition coefficient (Wildman–Crippen LogP) is 2.44. The lowest BCUT2D eigenvalue weighted by atomic mass is 10.1. The van der Waals surface area contributed by atoms with Gasteiger partial charge in [0.25, 0.3) is 11.7 Å². The van der Waals surface area contributed by atoms with E-state index in [1.54, 1.807) is 12.3 Å². The zero-order valence-corrected chi connectivity index (χ0v) is 11.1. The second kappa shape index (κ2) is 4.85. The number of nitrogens with one attached hydrogen (secondary N) is 1. The monoisotopic (exact) mass is 270 g/mol. The molecule has 2 aromatic rings. The van der Waals surface area contributed by atoms with E-state index in [9.17, 15) is 9.59 Å². The van der Waals surface area contributed by atoms with Crippen LogP contribution in [0.5, 0.6) is 0 Å². The number of ketones is 1. The lowest BCUT2D eigenvalue weighted by Gasteiger charge is -2.22. The van der Waals surface area contributed by atoms with Crippen molar-refractivity contribution in [2.24, 2.45) is 0 Å². The van der Waals surface area contributed by atoms with E-state index in [2.05, 4.69) is 10.2 Å². The maximum Gasteiger partial charge on any atom is 0.296 e. The van der Waals surface area contributed by atoms with Crippen LogP contribution in [0.3, 0.4) is 0 Å². The summed E-state index contributed by atoms with van der Waals surface area (Å²) in [5.41, 5.74) is 1.96. The fraction of sp³-hybridized carbons (Fsp3) is 0.200. The van der Waals surface area contributed by atoms with Gasteiger partial charge in [0.15, 0.2) is 0 Å². The summed E-state index contributed by atoms with van der Waals surface area (Å²) in [5.74, 6) is -0.167. The summed E-state index contributed by atoms with van der Waals surface area (Å²) >= 11 is 0. The molecule has 0 radical (unpaired) electrons. The summed E-state index contributed by atoms with van der Waals surface area (Å²) in [6.45, 7) is 3.48. The molecule has 102 valence electrons. The molecule has 0 bridgehead atoms. The SMILES string of the molecule is CCN(Cc1ccco1)c1ccc2c(c1)NC(=O)C2=O. The number of anilines is 2. The first-order valence-electron chi connectivity index (χ1n) is 6.46. The Balaban J connectivity index is 1.88. The molecule has 5 nitrogen and oxygen atoms in total. The van der Waals surface area contributed by atoms with E-state index < -0.39 is 11.7 Å². The van der Waals surface area contributed by atoms with Crippen molar-refractivity contribution >= 4 is 23.1 Å². The van der Waals surface area contributed by atoms with Crippen molar-refractivity contribution in [3.8, 4) is 0 Å². The minimum atomic E-state index is -0.564. The van der Waals surface area contributed by atoms with E-state index in [1.165, 1.54) is 0 Å². The highest BCUT2D eigenvalue weighted by atomic mass is 16.3. The molecule has 1 aromatic heterocycles. The highest BCUT2D eigenvalue weighted by Crippen LogP contribution is 2.29. The average molecular weight is 270 g/mol. The second-order valence-electron chi connectivity index (χ2n) is 4.61. The molecule has 0 fully saturated rings. The first-order valence-corrected chi connectivity index (χ1v) is 6.46. The van der Waals surface area contributed by atoms with Gasteiger partial charge in [-0.15, -0.1) is 0 Å². The van der Waals surface area contributed by atoms with Crippen molar-refractivity contribution in [1.29, 1.82) is 0 Å². The van der Waals surface area contributed by atoms with E-state index in [1.807, 2.05) is 31.2 Å². The quantitative estimate of drug-likeness (QED) is 0.867. The summed E-state index contributed by atoms with van der Waals surface area (Å²) in [7, 11) is 0. The molecule has 0 aliphatic carbocycles. The largest absolute Gasteiger partial charge is 0.467 e. The number of Topliss-reactive ketones (excluding diaryl/α,β-unsaturated/α-hetero) is 1. The number of furan rings is 1. The molecular weight excluding hydrogens is 256 g/mol. The Hall–Kier alpha value is -2.56. The first-order chi connectivity index (χ1) is 9.69. The first kappa shape index (κ1) is 12.5. The minimum absolute atomic E-state index is 0.438. The zero-order valence-electron chi connectivity index (χ0n) is 11.1. The van der Waals surface area contributed by atoms with Gasteiger partial charge in [0, 0.05) is 12.2 Å². The van der Waals surface area contributed by atoms with Gasteiger partial charge in [-0.05, 0) is 37.3 Å². The number of amides is 1. The third-order valence-electron chi connectivity index (χ3n) is 3.38. The van der Waals surface area contributed by atoms with Crippen LogP contribution in [0.1, 0.15) is 23.0 Å². The van der Waals surface area contributed by atoms with Crippen molar-refractivity contribution in [3.05, 3.63) is 47.9 Å². The fourth-order valence-electron chi connectivity index (χ4n) is 2.31. The maximum atomic E-state index is 11.6. The van der Waals surface area contributed by atoms with E-state index in [4.69, 9.17) is 4.42 Å². The molecule has 3 rings (SSSR count). The summed E-state index contributed by atoms with van der Waals surface area (Å²) in [6.07, 6.45) is 1.64. The molecule has 1 aliphatic rings. The van der Waals surface area contributed by atoms with Gasteiger partial charge in [0.05, 0.1) is 24.1 Å². The smallest absolute Gasteiger partial charge is 0.296 e. The Bertz CT molecular complexity index is 662. The van der Waals surface area contributed by atoms with Gasteiger partial charge in [0.2, 0.25) is 0 Å². The molecular formula is C15H14N2O3. The van der Waals surface area contributed by atoms with E-state index >= 15 is 0 Å².